The first-order valence-corrected chi connectivity index (χ1v) is 16.5. The van der Waals surface area contributed by atoms with Crippen LogP contribution >= 0.6 is 0 Å². The molecular weight excluding hydrogens is 672 g/mol. The molecule has 0 spiro atoms. The number of hydrogen-bond acceptors (Lipinski definition) is 15. The van der Waals surface area contributed by atoms with Crippen LogP contribution in [0.2, 0.25) is 0 Å². The maximum atomic E-state index is 11.5. The van der Waals surface area contributed by atoms with Crippen LogP contribution in [0, 0.1) is 11.8 Å². The number of aromatic hydroxyl groups is 2. The normalized spacial score (nSPS) is 30.0. The number of phenolic OH excluding ortho intramolecular Hbond substituents is 2. The van der Waals surface area contributed by atoms with Gasteiger partial charge in [-0.2, -0.15) is 0 Å². The number of rotatable bonds is 13. The maximum Gasteiger partial charge on any atom is 0.186 e. The van der Waals surface area contributed by atoms with Gasteiger partial charge in [0.05, 0.1) is 60.0 Å². The van der Waals surface area contributed by atoms with Crippen LogP contribution < -0.4 is 18.9 Å². The van der Waals surface area contributed by atoms with E-state index in [1.165, 1.54) is 39.5 Å². The van der Waals surface area contributed by atoms with E-state index in [4.69, 9.17) is 37.9 Å². The van der Waals surface area contributed by atoms with Crippen molar-refractivity contribution in [3.05, 3.63) is 71.3 Å². The van der Waals surface area contributed by atoms with Gasteiger partial charge in [0.25, 0.3) is 0 Å². The number of benzene rings is 3. The minimum Gasteiger partial charge on any atom is -0.504 e. The lowest BCUT2D eigenvalue weighted by atomic mass is 9.85. The fourth-order valence-electron chi connectivity index (χ4n) is 6.90. The number of aliphatic hydroxyl groups is 5. The van der Waals surface area contributed by atoms with Crippen molar-refractivity contribution in [1.82, 2.24) is 0 Å². The van der Waals surface area contributed by atoms with E-state index in [-0.39, 0.29) is 47.0 Å². The molecule has 278 valence electrons. The zero-order valence-corrected chi connectivity index (χ0v) is 28.3. The largest absolute Gasteiger partial charge is 0.504 e. The van der Waals surface area contributed by atoms with Gasteiger partial charge in [-0.25, -0.2) is 0 Å². The smallest absolute Gasteiger partial charge is 0.186 e. The van der Waals surface area contributed by atoms with Gasteiger partial charge in [0.15, 0.2) is 46.9 Å². The lowest BCUT2D eigenvalue weighted by Gasteiger charge is -2.40. The minimum absolute atomic E-state index is 0.0252. The molecule has 3 fully saturated rings. The second-order valence-corrected chi connectivity index (χ2v) is 12.7. The average molecular weight is 717 g/mol. The number of phenols is 2. The number of methoxy groups -OCH3 is 3. The Balaban J connectivity index is 1.22. The van der Waals surface area contributed by atoms with Crippen LogP contribution in [0.4, 0.5) is 0 Å². The van der Waals surface area contributed by atoms with Crippen molar-refractivity contribution in [2.75, 3.05) is 47.8 Å². The quantitative estimate of drug-likeness (QED) is 0.133. The lowest BCUT2D eigenvalue weighted by molar-refractivity contribution is -0.305. The Morgan fingerprint density at radius 3 is 1.88 bits per heavy atom. The predicted octanol–water partition coefficient (Wildman–Crippen LogP) is 1.50. The van der Waals surface area contributed by atoms with Gasteiger partial charge in [-0.1, -0.05) is 18.2 Å². The van der Waals surface area contributed by atoms with Crippen LogP contribution in [0.5, 0.6) is 34.5 Å². The van der Waals surface area contributed by atoms with Crippen molar-refractivity contribution in [1.29, 1.82) is 0 Å². The van der Waals surface area contributed by atoms with Gasteiger partial charge in [0.1, 0.15) is 30.5 Å². The van der Waals surface area contributed by atoms with Gasteiger partial charge in [0, 0.05) is 11.8 Å². The lowest BCUT2D eigenvalue weighted by Crippen LogP contribution is -2.59. The van der Waals surface area contributed by atoms with Crippen LogP contribution in [0.15, 0.2) is 54.6 Å². The molecule has 51 heavy (non-hydrogen) atoms. The number of hydrogen-bond donors (Lipinski definition) is 7. The first-order chi connectivity index (χ1) is 24.6. The highest BCUT2D eigenvalue weighted by atomic mass is 16.7. The number of aliphatic hydroxyl groups excluding tert-OH is 5. The van der Waals surface area contributed by atoms with Crippen molar-refractivity contribution in [2.24, 2.45) is 11.8 Å². The van der Waals surface area contributed by atoms with E-state index in [0.29, 0.717) is 30.3 Å². The van der Waals surface area contributed by atoms with Gasteiger partial charge < -0.3 is 73.6 Å². The van der Waals surface area contributed by atoms with E-state index in [1.54, 1.807) is 24.3 Å². The molecule has 0 aromatic heterocycles. The van der Waals surface area contributed by atoms with Gasteiger partial charge >= 0.3 is 0 Å². The SMILES string of the molecule is COc1cc(C(O)C(CO[C@@H]2O[C@H](CO)[C@@H](O)[C@H](O)[C@H]2O)Oc2ccc(C3OCC4C(c5ccc(O)c(OC)c5)OCC34)cc2OC)ccc1O. The summed E-state index contributed by atoms with van der Waals surface area (Å²) in [6.45, 7) is -0.157. The maximum absolute atomic E-state index is 11.5. The summed E-state index contributed by atoms with van der Waals surface area (Å²) in [5, 5.41) is 72.2. The summed E-state index contributed by atoms with van der Waals surface area (Å²) in [6, 6.07) is 14.7. The highest BCUT2D eigenvalue weighted by molar-refractivity contribution is 5.46. The highest BCUT2D eigenvalue weighted by Gasteiger charge is 2.48. The molecule has 3 aliphatic rings. The number of fused-ring (bicyclic) bond motifs is 1. The molecular formula is C36H44O15. The summed E-state index contributed by atoms with van der Waals surface area (Å²) < 4.78 is 46.3. The molecule has 7 N–H and O–H groups in total. The second-order valence-electron chi connectivity index (χ2n) is 12.7. The molecule has 3 aromatic rings. The molecule has 15 nitrogen and oxygen atoms in total. The molecule has 3 aliphatic heterocycles. The van der Waals surface area contributed by atoms with Gasteiger partial charge in [0.2, 0.25) is 0 Å². The van der Waals surface area contributed by atoms with Crippen molar-refractivity contribution in [3.63, 3.8) is 0 Å². The van der Waals surface area contributed by atoms with Crippen molar-refractivity contribution >= 4 is 0 Å². The zero-order chi connectivity index (χ0) is 36.4. The molecule has 0 bridgehead atoms. The van der Waals surface area contributed by atoms with Crippen LogP contribution in [-0.2, 0) is 18.9 Å². The molecule has 3 aromatic carbocycles. The molecule has 6 rings (SSSR count). The van der Waals surface area contributed by atoms with Crippen LogP contribution in [-0.4, -0.2) is 120 Å². The summed E-state index contributed by atoms with van der Waals surface area (Å²) in [5.74, 6) is 1.01. The minimum atomic E-state index is -1.67. The van der Waals surface area contributed by atoms with Crippen LogP contribution in [0.1, 0.15) is 35.0 Å². The Labute approximate surface area is 294 Å². The predicted molar refractivity (Wildman–Crippen MR) is 176 cm³/mol. The third-order valence-electron chi connectivity index (χ3n) is 9.76. The first kappa shape index (κ1) is 36.9. The standard InChI is InChI=1S/C36H44O15/c1-44-25-10-17(4-7-22(25)38)30(40)29(16-49-36-33(43)32(42)31(41)28(13-37)51-36)50-24-9-6-19(12-27(24)46-3)35-21-15-47-34(20(21)14-48-35)18-5-8-23(39)26(11-18)45-2/h4-12,20-21,28-43H,13-16H2,1-3H3/t20?,21?,28-,29?,30?,31-,32+,33-,34?,35?,36-/m1/s1. The molecule has 0 aliphatic carbocycles. The van der Waals surface area contributed by atoms with Crippen LogP contribution in [0.25, 0.3) is 0 Å². The molecule has 0 radical (unpaired) electrons. The zero-order valence-electron chi connectivity index (χ0n) is 28.3. The highest BCUT2D eigenvalue weighted by Crippen LogP contribution is 2.51. The summed E-state index contributed by atoms with van der Waals surface area (Å²) >= 11 is 0. The molecule has 11 atom stereocenters. The second kappa shape index (κ2) is 15.8. The van der Waals surface area contributed by atoms with Crippen molar-refractivity contribution in [3.8, 4) is 34.5 Å². The third kappa shape index (κ3) is 7.40. The fourth-order valence-corrected chi connectivity index (χ4v) is 6.90. The summed E-state index contributed by atoms with van der Waals surface area (Å²) in [7, 11) is 4.33. The van der Waals surface area contributed by atoms with Crippen molar-refractivity contribution < 1.29 is 73.6 Å². The summed E-state index contributed by atoms with van der Waals surface area (Å²) in [5.41, 5.74) is 2.00. The van der Waals surface area contributed by atoms with Gasteiger partial charge in [-0.05, 0) is 53.1 Å². The third-order valence-corrected chi connectivity index (χ3v) is 9.76. The Hall–Kier alpha value is -3.90. The van der Waals surface area contributed by atoms with E-state index in [1.807, 2.05) is 12.1 Å². The molecule has 0 saturated carbocycles. The van der Waals surface area contributed by atoms with E-state index >= 15 is 0 Å². The fraction of sp³-hybridized carbons (Fsp3) is 0.500. The van der Waals surface area contributed by atoms with Crippen LogP contribution in [0.3, 0.4) is 0 Å². The van der Waals surface area contributed by atoms with E-state index in [0.717, 1.165) is 11.1 Å². The van der Waals surface area contributed by atoms with E-state index in [2.05, 4.69) is 0 Å². The molecule has 6 unspecified atom stereocenters. The Morgan fingerprint density at radius 2 is 1.27 bits per heavy atom. The molecule has 15 heteroatoms. The Morgan fingerprint density at radius 1 is 0.706 bits per heavy atom. The van der Waals surface area contributed by atoms with Crippen molar-refractivity contribution in [2.45, 2.75) is 55.1 Å². The molecule has 3 heterocycles. The van der Waals surface area contributed by atoms with E-state index in [9.17, 15) is 35.7 Å². The molecule has 0 amide bonds. The monoisotopic (exact) mass is 716 g/mol. The average Bonchev–Trinajstić information content (AvgIpc) is 3.76. The first-order valence-electron chi connectivity index (χ1n) is 16.5. The summed E-state index contributed by atoms with van der Waals surface area (Å²) in [6.07, 6.45) is -10.7. The Bertz CT molecular complexity index is 1630. The number of ether oxygens (including phenoxy) is 8. The molecule has 3 saturated heterocycles. The Kier molecular flexibility index (Phi) is 11.4. The van der Waals surface area contributed by atoms with Gasteiger partial charge in [-0.3, -0.25) is 0 Å². The summed E-state index contributed by atoms with van der Waals surface area (Å²) in [4.78, 5) is 0. The van der Waals surface area contributed by atoms with E-state index < -0.39 is 56.1 Å². The van der Waals surface area contributed by atoms with Gasteiger partial charge in [-0.15, -0.1) is 0 Å². The topological polar surface area (TPSA) is 215 Å².